The summed E-state index contributed by atoms with van der Waals surface area (Å²) in [6, 6.07) is 53.2. The monoisotopic (exact) mass is 690 g/mol. The average Bonchev–Trinajstić information content (AvgIpc) is 3.89. The van der Waals surface area contributed by atoms with Crippen molar-refractivity contribution < 1.29 is 4.21 Å². The van der Waals surface area contributed by atoms with Gasteiger partial charge in [0.05, 0.1) is 21.6 Å². The van der Waals surface area contributed by atoms with Crippen molar-refractivity contribution in [3.05, 3.63) is 184 Å². The highest BCUT2D eigenvalue weighted by Gasteiger charge is 2.60. The predicted molar refractivity (Wildman–Crippen MR) is 211 cm³/mol. The highest BCUT2D eigenvalue weighted by Crippen LogP contribution is 2.69. The molecule has 2 heteroatoms. The first-order valence-electron chi connectivity index (χ1n) is 19.8. The third-order valence-corrected chi connectivity index (χ3v) is 16.6. The van der Waals surface area contributed by atoms with E-state index in [1.54, 1.807) is 0 Å². The van der Waals surface area contributed by atoms with Crippen LogP contribution in [0, 0.1) is 11.8 Å². The average molecular weight is 691 g/mol. The minimum atomic E-state index is -1.11. The molecule has 12 rings (SSSR count). The van der Waals surface area contributed by atoms with Crippen molar-refractivity contribution in [3.8, 4) is 22.3 Å². The van der Waals surface area contributed by atoms with Gasteiger partial charge in [-0.15, -0.1) is 0 Å². The predicted octanol–water partition coefficient (Wildman–Crippen LogP) is 11.7. The van der Waals surface area contributed by atoms with Crippen LogP contribution in [0.5, 0.6) is 0 Å². The van der Waals surface area contributed by atoms with Crippen LogP contribution >= 0.6 is 0 Å². The molecule has 6 aromatic carbocycles. The van der Waals surface area contributed by atoms with Gasteiger partial charge >= 0.3 is 0 Å². The second kappa shape index (κ2) is 10.8. The number of hydrogen-bond donors (Lipinski definition) is 0. The van der Waals surface area contributed by atoms with E-state index >= 15 is 4.21 Å². The van der Waals surface area contributed by atoms with Crippen LogP contribution in [0.4, 0.5) is 0 Å². The van der Waals surface area contributed by atoms with Crippen LogP contribution in [-0.4, -0.2) is 9.46 Å². The molecule has 6 atom stereocenters. The molecule has 1 nitrogen and oxygen atoms in total. The van der Waals surface area contributed by atoms with Crippen LogP contribution in [0.1, 0.15) is 101 Å². The Bertz CT molecular complexity index is 2400. The van der Waals surface area contributed by atoms with E-state index in [1.807, 2.05) is 0 Å². The summed E-state index contributed by atoms with van der Waals surface area (Å²) in [7, 11) is -1.11. The maximum absolute atomic E-state index is 15.3. The fourth-order valence-corrected chi connectivity index (χ4v) is 14.8. The van der Waals surface area contributed by atoms with Crippen molar-refractivity contribution in [1.29, 1.82) is 0 Å². The van der Waals surface area contributed by atoms with Gasteiger partial charge in [-0.3, -0.25) is 4.21 Å². The summed E-state index contributed by atoms with van der Waals surface area (Å²) in [6.07, 6.45) is 8.15. The first-order chi connectivity index (χ1) is 25.7. The van der Waals surface area contributed by atoms with E-state index in [1.165, 1.54) is 92.4 Å². The Kier molecular flexibility index (Phi) is 6.21. The minimum absolute atomic E-state index is 0.119. The summed E-state index contributed by atoms with van der Waals surface area (Å²) in [5.41, 5.74) is 17.0. The van der Waals surface area contributed by atoms with Crippen LogP contribution in [0.3, 0.4) is 0 Å². The van der Waals surface area contributed by atoms with Crippen molar-refractivity contribution >= 4 is 10.8 Å². The van der Waals surface area contributed by atoms with Crippen molar-refractivity contribution in [1.82, 2.24) is 0 Å². The Morgan fingerprint density at radius 1 is 0.442 bits per heavy atom. The molecule has 0 saturated heterocycles. The van der Waals surface area contributed by atoms with E-state index < -0.39 is 10.8 Å². The second-order valence-corrected chi connectivity index (χ2v) is 18.3. The van der Waals surface area contributed by atoms with Gasteiger partial charge in [-0.25, -0.2) is 0 Å². The van der Waals surface area contributed by atoms with Crippen molar-refractivity contribution in [2.24, 2.45) is 11.8 Å². The molecule has 0 heterocycles. The first-order valence-corrected chi connectivity index (χ1v) is 21.0. The Morgan fingerprint density at radius 3 is 1.54 bits per heavy atom. The normalized spacial score (nSPS) is 26.4. The largest absolute Gasteiger partial charge is 0.254 e. The van der Waals surface area contributed by atoms with E-state index in [2.05, 4.69) is 140 Å². The standard InChI is InChI=1S/C50H42OS/c51-52(31-25-27-39-37-17-5-11-23-45(37)49(47(39)29-31)41-19-7-1-13-33(41)34-14-2-8-20-42(34)49)32-26-28-40-38-18-6-12-24-46(38)50(48(40)30-32)43-21-9-3-15-35(43)36-16-4-10-22-44(36)50/h1-5,7-11,13-17,19-23,26,28,30-31,38-39,46-47H,6,12,18,24-25,27,29H2/t31-,38?,39?,46?,47?,52?/m1/s1. The van der Waals surface area contributed by atoms with E-state index in [0.29, 0.717) is 23.7 Å². The Labute approximate surface area is 309 Å². The van der Waals surface area contributed by atoms with E-state index in [9.17, 15) is 0 Å². The Hall–Kier alpha value is -4.53. The molecule has 0 bridgehead atoms. The summed E-state index contributed by atoms with van der Waals surface area (Å²) < 4.78 is 15.3. The molecule has 2 saturated carbocycles. The van der Waals surface area contributed by atoms with Gasteiger partial charge in [0.1, 0.15) is 0 Å². The second-order valence-electron chi connectivity index (χ2n) is 16.6. The fourth-order valence-electron chi connectivity index (χ4n) is 13.2. The molecular weight excluding hydrogens is 649 g/mol. The van der Waals surface area contributed by atoms with Crippen molar-refractivity contribution in [2.75, 3.05) is 0 Å². The van der Waals surface area contributed by atoms with E-state index in [-0.39, 0.29) is 16.1 Å². The molecule has 5 unspecified atom stereocenters. The zero-order valence-electron chi connectivity index (χ0n) is 29.4. The summed E-state index contributed by atoms with van der Waals surface area (Å²) in [6.45, 7) is 0. The maximum Gasteiger partial charge on any atom is 0.0561 e. The summed E-state index contributed by atoms with van der Waals surface area (Å²) >= 11 is 0. The van der Waals surface area contributed by atoms with Crippen LogP contribution in [-0.2, 0) is 21.6 Å². The molecule has 52 heavy (non-hydrogen) atoms. The van der Waals surface area contributed by atoms with Crippen molar-refractivity contribution in [3.63, 3.8) is 0 Å². The summed E-state index contributed by atoms with van der Waals surface area (Å²) in [5.74, 6) is 1.94. The quantitative estimate of drug-likeness (QED) is 0.177. The molecule has 6 aliphatic carbocycles. The van der Waals surface area contributed by atoms with Gasteiger partial charge in [0.25, 0.3) is 0 Å². The molecule has 2 spiro atoms. The molecule has 6 aliphatic rings. The molecule has 0 radical (unpaired) electrons. The van der Waals surface area contributed by atoms with E-state index in [0.717, 1.165) is 24.2 Å². The molecule has 6 aromatic rings. The van der Waals surface area contributed by atoms with Crippen LogP contribution in [0.2, 0.25) is 0 Å². The molecule has 0 N–H and O–H groups in total. The third kappa shape index (κ3) is 3.54. The molecule has 0 amide bonds. The lowest BCUT2D eigenvalue weighted by atomic mass is 9.62. The van der Waals surface area contributed by atoms with Gasteiger partial charge in [0.2, 0.25) is 0 Å². The molecule has 0 aliphatic heterocycles. The zero-order valence-corrected chi connectivity index (χ0v) is 30.2. The third-order valence-electron chi connectivity index (χ3n) is 14.8. The zero-order chi connectivity index (χ0) is 34.2. The lowest BCUT2D eigenvalue weighted by Gasteiger charge is -2.42. The smallest absolute Gasteiger partial charge is 0.0561 e. The van der Waals surface area contributed by atoms with Crippen molar-refractivity contribution in [2.45, 2.75) is 77.8 Å². The van der Waals surface area contributed by atoms with Crippen LogP contribution in [0.25, 0.3) is 22.3 Å². The fraction of sp³-hybridized carbons (Fsp3) is 0.280. The van der Waals surface area contributed by atoms with Gasteiger partial charge in [-0.2, -0.15) is 0 Å². The van der Waals surface area contributed by atoms with Gasteiger partial charge in [-0.05, 0) is 135 Å². The van der Waals surface area contributed by atoms with E-state index in [4.69, 9.17) is 0 Å². The topological polar surface area (TPSA) is 17.1 Å². The van der Waals surface area contributed by atoms with Gasteiger partial charge in [0, 0.05) is 10.1 Å². The number of benzene rings is 6. The Balaban J connectivity index is 0.993. The van der Waals surface area contributed by atoms with Gasteiger partial charge in [0.15, 0.2) is 0 Å². The van der Waals surface area contributed by atoms with Gasteiger partial charge < -0.3 is 0 Å². The molecule has 2 fully saturated rings. The number of rotatable bonds is 2. The van der Waals surface area contributed by atoms with Gasteiger partial charge in [-0.1, -0.05) is 140 Å². The number of fused-ring (bicyclic) bond motifs is 20. The lowest BCUT2D eigenvalue weighted by molar-refractivity contribution is 0.265. The molecule has 0 aromatic heterocycles. The summed E-state index contributed by atoms with van der Waals surface area (Å²) in [5, 5.41) is 0.119. The van der Waals surface area contributed by atoms with Crippen LogP contribution < -0.4 is 0 Å². The molecular formula is C50H42OS. The molecule has 254 valence electrons. The minimum Gasteiger partial charge on any atom is -0.254 e. The SMILES string of the molecule is O=S(c1ccc2c(c1)C1(c3ccccc3-c3ccccc31)C1CCCCC21)[C@@H]1CCC2c3ccccc3C3(c4ccccc4-c4ccccc43)C2C1. The number of hydrogen-bond acceptors (Lipinski definition) is 1. The summed E-state index contributed by atoms with van der Waals surface area (Å²) in [4.78, 5) is 1.04. The lowest BCUT2D eigenvalue weighted by Crippen LogP contribution is -2.39. The highest BCUT2D eigenvalue weighted by atomic mass is 32.2. The first kappa shape index (κ1) is 30.0. The maximum atomic E-state index is 15.3. The van der Waals surface area contributed by atoms with Crippen LogP contribution in [0.15, 0.2) is 144 Å². The highest BCUT2D eigenvalue weighted by molar-refractivity contribution is 7.85. The Morgan fingerprint density at radius 2 is 0.923 bits per heavy atom.